The van der Waals surface area contributed by atoms with E-state index in [0.717, 1.165) is 6.07 Å². The topological polar surface area (TPSA) is 95.2 Å². The van der Waals surface area contributed by atoms with Gasteiger partial charge in [-0.1, -0.05) is 11.6 Å². The highest BCUT2D eigenvalue weighted by atomic mass is 35.5. The van der Waals surface area contributed by atoms with E-state index in [4.69, 9.17) is 26.7 Å². The predicted octanol–water partition coefficient (Wildman–Crippen LogP) is 3.59. The standard InChI is InChI=1S/C14H11ClFN3O3S/c15-9-6-12(8(7-17)5-10(9)16)22-11(1-2-19-14(20)21)13-18-3-4-23-13/h3-6,11,19H,1-2H2,(H,20,21)/t11-/m1/s1. The van der Waals surface area contributed by atoms with E-state index in [-0.39, 0.29) is 22.9 Å². The van der Waals surface area contributed by atoms with E-state index in [1.54, 1.807) is 11.6 Å². The average molecular weight is 356 g/mol. The molecule has 120 valence electrons. The van der Waals surface area contributed by atoms with Gasteiger partial charge in [0.25, 0.3) is 0 Å². The number of nitrogens with zero attached hydrogens (tertiary/aromatic N) is 2. The number of ether oxygens (including phenoxy) is 1. The van der Waals surface area contributed by atoms with Crippen molar-refractivity contribution in [3.8, 4) is 11.8 Å². The molecule has 1 amide bonds. The van der Waals surface area contributed by atoms with E-state index in [2.05, 4.69) is 10.3 Å². The van der Waals surface area contributed by atoms with Gasteiger partial charge in [0, 0.05) is 30.6 Å². The van der Waals surface area contributed by atoms with Crippen molar-refractivity contribution in [3.63, 3.8) is 0 Å². The molecule has 1 aromatic carbocycles. The molecular weight excluding hydrogens is 345 g/mol. The zero-order valence-corrected chi connectivity index (χ0v) is 13.2. The number of thiazole rings is 1. The number of carbonyl (C=O) groups is 1. The van der Waals surface area contributed by atoms with Crippen molar-refractivity contribution < 1.29 is 19.0 Å². The summed E-state index contributed by atoms with van der Waals surface area (Å²) < 4.78 is 19.2. The minimum Gasteiger partial charge on any atom is -0.482 e. The lowest BCUT2D eigenvalue weighted by molar-refractivity contribution is 0.179. The monoisotopic (exact) mass is 355 g/mol. The third kappa shape index (κ3) is 4.55. The van der Waals surface area contributed by atoms with Crippen LogP contribution in [0.3, 0.4) is 0 Å². The first-order valence-electron chi connectivity index (χ1n) is 6.43. The summed E-state index contributed by atoms with van der Waals surface area (Å²) in [6, 6.07) is 4.05. The summed E-state index contributed by atoms with van der Waals surface area (Å²) in [6.45, 7) is 0.135. The molecule has 2 rings (SSSR count). The maximum atomic E-state index is 13.4. The Morgan fingerprint density at radius 2 is 2.39 bits per heavy atom. The maximum Gasteiger partial charge on any atom is 0.404 e. The van der Waals surface area contributed by atoms with Gasteiger partial charge < -0.3 is 15.2 Å². The van der Waals surface area contributed by atoms with Gasteiger partial charge in [0.05, 0.1) is 10.6 Å². The second-order valence-corrected chi connectivity index (χ2v) is 5.71. The van der Waals surface area contributed by atoms with Crippen LogP contribution in [0, 0.1) is 17.1 Å². The Kier molecular flexibility index (Phi) is 5.73. The van der Waals surface area contributed by atoms with Crippen LogP contribution < -0.4 is 10.1 Å². The summed E-state index contributed by atoms with van der Waals surface area (Å²) >= 11 is 7.06. The lowest BCUT2D eigenvalue weighted by Gasteiger charge is -2.18. The van der Waals surface area contributed by atoms with Crippen LogP contribution in [0.1, 0.15) is 23.1 Å². The van der Waals surface area contributed by atoms with Crippen molar-refractivity contribution in [1.82, 2.24) is 10.3 Å². The first-order chi connectivity index (χ1) is 11.0. The quantitative estimate of drug-likeness (QED) is 0.825. The Balaban J connectivity index is 2.22. The minimum atomic E-state index is -1.15. The molecule has 0 saturated heterocycles. The van der Waals surface area contributed by atoms with Crippen LogP contribution in [0.4, 0.5) is 9.18 Å². The predicted molar refractivity (Wildman–Crippen MR) is 82.3 cm³/mol. The molecule has 0 aliphatic rings. The van der Waals surface area contributed by atoms with Crippen molar-refractivity contribution in [2.75, 3.05) is 6.54 Å². The van der Waals surface area contributed by atoms with Crippen LogP contribution in [-0.2, 0) is 0 Å². The number of carboxylic acid groups (broad SMARTS) is 1. The van der Waals surface area contributed by atoms with Gasteiger partial charge >= 0.3 is 6.09 Å². The van der Waals surface area contributed by atoms with Gasteiger partial charge in [-0.15, -0.1) is 11.3 Å². The molecule has 0 spiro atoms. The molecule has 0 unspecified atom stereocenters. The SMILES string of the molecule is N#Cc1cc(F)c(Cl)cc1O[C@H](CCNC(=O)O)c1nccs1. The summed E-state index contributed by atoms with van der Waals surface area (Å²) in [5.74, 6) is -0.594. The number of hydrogen-bond donors (Lipinski definition) is 2. The Morgan fingerprint density at radius 3 is 3.00 bits per heavy atom. The Labute approximate surface area is 140 Å². The molecular formula is C14H11ClFN3O3S. The third-order valence-electron chi connectivity index (χ3n) is 2.82. The largest absolute Gasteiger partial charge is 0.482 e. The van der Waals surface area contributed by atoms with Crippen LogP contribution >= 0.6 is 22.9 Å². The Morgan fingerprint density at radius 1 is 1.61 bits per heavy atom. The first kappa shape index (κ1) is 17.0. The van der Waals surface area contributed by atoms with Crippen LogP contribution in [-0.4, -0.2) is 22.7 Å². The number of halogens is 2. The number of benzene rings is 1. The molecule has 1 atom stereocenters. The second-order valence-electron chi connectivity index (χ2n) is 4.37. The zero-order chi connectivity index (χ0) is 16.8. The van der Waals surface area contributed by atoms with E-state index in [1.807, 2.05) is 6.07 Å². The fourth-order valence-corrected chi connectivity index (χ4v) is 2.66. The van der Waals surface area contributed by atoms with Crippen molar-refractivity contribution in [1.29, 1.82) is 5.26 Å². The number of amides is 1. The molecule has 0 radical (unpaired) electrons. The van der Waals surface area contributed by atoms with Crippen LogP contribution in [0.2, 0.25) is 5.02 Å². The van der Waals surface area contributed by atoms with Crippen LogP contribution in [0.5, 0.6) is 5.75 Å². The molecule has 2 N–H and O–H groups in total. The van der Waals surface area contributed by atoms with Gasteiger partial charge in [-0.05, 0) is 6.07 Å². The van der Waals surface area contributed by atoms with E-state index in [0.29, 0.717) is 11.4 Å². The number of rotatable bonds is 6. The molecule has 0 aliphatic carbocycles. The number of nitrogens with one attached hydrogen (secondary N) is 1. The lowest BCUT2D eigenvalue weighted by Crippen LogP contribution is -2.24. The summed E-state index contributed by atoms with van der Waals surface area (Å²) in [5.41, 5.74) is -0.000324. The summed E-state index contributed by atoms with van der Waals surface area (Å²) in [5, 5.41) is 22.1. The zero-order valence-electron chi connectivity index (χ0n) is 11.6. The molecule has 0 aliphatic heterocycles. The third-order valence-corrected chi connectivity index (χ3v) is 3.98. The highest BCUT2D eigenvalue weighted by molar-refractivity contribution is 7.09. The normalized spacial score (nSPS) is 11.5. The van der Waals surface area contributed by atoms with E-state index in [1.165, 1.54) is 17.4 Å². The molecule has 2 aromatic rings. The van der Waals surface area contributed by atoms with E-state index in [9.17, 15) is 9.18 Å². The molecule has 0 fully saturated rings. The molecule has 6 nitrogen and oxygen atoms in total. The van der Waals surface area contributed by atoms with Crippen LogP contribution in [0.25, 0.3) is 0 Å². The van der Waals surface area contributed by atoms with Gasteiger partial charge in [-0.2, -0.15) is 5.26 Å². The number of nitriles is 1. The lowest BCUT2D eigenvalue weighted by atomic mass is 10.2. The van der Waals surface area contributed by atoms with E-state index < -0.39 is 18.0 Å². The highest BCUT2D eigenvalue weighted by Crippen LogP contribution is 2.31. The summed E-state index contributed by atoms with van der Waals surface area (Å²) in [4.78, 5) is 14.7. The Bertz CT molecular complexity index is 734. The van der Waals surface area contributed by atoms with E-state index >= 15 is 0 Å². The van der Waals surface area contributed by atoms with Gasteiger partial charge in [0.15, 0.2) is 6.10 Å². The number of hydrogen-bond acceptors (Lipinski definition) is 5. The Hall–Kier alpha value is -2.37. The minimum absolute atomic E-state index is 0.000324. The number of aromatic nitrogens is 1. The average Bonchev–Trinajstić information content (AvgIpc) is 3.03. The molecule has 1 heterocycles. The van der Waals surface area contributed by atoms with Gasteiger partial charge in [-0.25, -0.2) is 14.2 Å². The molecule has 23 heavy (non-hydrogen) atoms. The van der Waals surface area contributed by atoms with Crippen molar-refractivity contribution in [2.24, 2.45) is 0 Å². The molecule has 0 bridgehead atoms. The van der Waals surface area contributed by atoms with Gasteiger partial charge in [0.2, 0.25) is 0 Å². The maximum absolute atomic E-state index is 13.4. The van der Waals surface area contributed by atoms with Crippen molar-refractivity contribution in [3.05, 3.63) is 45.1 Å². The fourth-order valence-electron chi connectivity index (χ4n) is 1.80. The molecule has 1 aromatic heterocycles. The van der Waals surface area contributed by atoms with Crippen LogP contribution in [0.15, 0.2) is 23.7 Å². The van der Waals surface area contributed by atoms with Crippen molar-refractivity contribution in [2.45, 2.75) is 12.5 Å². The highest BCUT2D eigenvalue weighted by Gasteiger charge is 2.19. The molecule has 0 saturated carbocycles. The van der Waals surface area contributed by atoms with Gasteiger partial charge in [-0.3, -0.25) is 0 Å². The fraction of sp³-hybridized carbons (Fsp3) is 0.214. The smallest absolute Gasteiger partial charge is 0.404 e. The second kappa shape index (κ2) is 7.76. The first-order valence-corrected chi connectivity index (χ1v) is 7.69. The van der Waals surface area contributed by atoms with Crippen molar-refractivity contribution >= 4 is 29.0 Å². The molecule has 9 heteroatoms. The summed E-state index contributed by atoms with van der Waals surface area (Å²) in [6.07, 6.45) is 0.143. The van der Waals surface area contributed by atoms with Gasteiger partial charge in [0.1, 0.15) is 22.6 Å². The summed E-state index contributed by atoms with van der Waals surface area (Å²) in [7, 11) is 0.